The molecule has 2 aromatic heterocycles. The lowest BCUT2D eigenvalue weighted by atomic mass is 10.2. The number of thiophene rings is 1. The van der Waals surface area contributed by atoms with Gasteiger partial charge in [-0.15, -0.1) is 11.3 Å². The fraction of sp³-hybridized carbons (Fsp3) is 0.0714. The monoisotopic (exact) mass is 362 g/mol. The van der Waals surface area contributed by atoms with Gasteiger partial charge < -0.3 is 5.32 Å². The predicted molar refractivity (Wildman–Crippen MR) is 86.5 cm³/mol. The fourth-order valence-electron chi connectivity index (χ4n) is 1.81. The number of hydrogen-bond acceptors (Lipinski definition) is 4. The van der Waals surface area contributed by atoms with Crippen molar-refractivity contribution in [3.63, 3.8) is 0 Å². The van der Waals surface area contributed by atoms with Gasteiger partial charge in [-0.3, -0.25) is 9.89 Å². The number of anilines is 1. The fourth-order valence-corrected chi connectivity index (χ4v) is 2.94. The van der Waals surface area contributed by atoms with Crippen LogP contribution < -0.4 is 5.32 Å². The maximum Gasteiger partial charge on any atom is 0.256 e. The Morgan fingerprint density at radius 2 is 2.10 bits per heavy atom. The Labute approximate surface area is 133 Å². The summed E-state index contributed by atoms with van der Waals surface area (Å²) in [5.74, 6) is 1.29. The summed E-state index contributed by atoms with van der Waals surface area (Å²) in [6.45, 7) is 1.85. The lowest BCUT2D eigenvalue weighted by molar-refractivity contribution is 0.102. The number of H-pyrrole nitrogens is 1. The van der Waals surface area contributed by atoms with Crippen molar-refractivity contribution in [1.82, 2.24) is 15.2 Å². The predicted octanol–water partition coefficient (Wildman–Crippen LogP) is 3.86. The molecular formula is C14H11BrN4OS. The molecule has 0 bridgehead atoms. The van der Waals surface area contributed by atoms with Gasteiger partial charge >= 0.3 is 0 Å². The SMILES string of the molecule is Cc1nc(-c2ccc(NC(=O)c3csc(Br)c3)cc2)n[nH]1. The zero-order valence-electron chi connectivity index (χ0n) is 11.1. The van der Waals surface area contributed by atoms with E-state index >= 15 is 0 Å². The Kier molecular flexibility index (Phi) is 3.85. The van der Waals surface area contributed by atoms with Gasteiger partial charge in [0.25, 0.3) is 5.91 Å². The van der Waals surface area contributed by atoms with Crippen molar-refractivity contribution in [1.29, 1.82) is 0 Å². The first kappa shape index (κ1) is 14.0. The molecule has 0 fully saturated rings. The molecule has 0 aliphatic heterocycles. The number of carbonyl (C=O) groups excluding carboxylic acids is 1. The van der Waals surface area contributed by atoms with Crippen LogP contribution in [0.4, 0.5) is 5.69 Å². The molecule has 7 heteroatoms. The van der Waals surface area contributed by atoms with Crippen LogP contribution in [0.1, 0.15) is 16.2 Å². The van der Waals surface area contributed by atoms with Crippen molar-refractivity contribution >= 4 is 38.9 Å². The van der Waals surface area contributed by atoms with Gasteiger partial charge in [0, 0.05) is 16.6 Å². The Balaban J connectivity index is 1.74. The summed E-state index contributed by atoms with van der Waals surface area (Å²) in [5.41, 5.74) is 2.27. The summed E-state index contributed by atoms with van der Waals surface area (Å²) >= 11 is 4.83. The number of benzene rings is 1. The Bertz CT molecular complexity index is 778. The number of nitrogens with one attached hydrogen (secondary N) is 2. The molecule has 0 aliphatic rings. The number of aromatic amines is 1. The van der Waals surface area contributed by atoms with Gasteiger partial charge in [0.15, 0.2) is 5.82 Å². The van der Waals surface area contributed by atoms with E-state index in [4.69, 9.17) is 0 Å². The Hall–Kier alpha value is -1.99. The largest absolute Gasteiger partial charge is 0.322 e. The normalized spacial score (nSPS) is 10.6. The molecule has 2 heterocycles. The van der Waals surface area contributed by atoms with E-state index in [0.29, 0.717) is 11.4 Å². The lowest BCUT2D eigenvalue weighted by Gasteiger charge is -2.04. The van der Waals surface area contributed by atoms with E-state index in [1.807, 2.05) is 36.6 Å². The highest BCUT2D eigenvalue weighted by Gasteiger charge is 2.09. The number of carbonyl (C=O) groups is 1. The standard InChI is InChI=1S/C14H11BrN4OS/c1-8-16-13(19-18-8)9-2-4-11(5-3-9)17-14(20)10-6-12(15)21-7-10/h2-7H,1H3,(H,17,20)(H,16,18,19). The first-order valence-electron chi connectivity index (χ1n) is 6.16. The van der Waals surface area contributed by atoms with Crippen LogP contribution >= 0.6 is 27.3 Å². The second-order valence-corrected chi connectivity index (χ2v) is 6.71. The molecule has 1 amide bonds. The highest BCUT2D eigenvalue weighted by Crippen LogP contribution is 2.22. The average Bonchev–Trinajstić information content (AvgIpc) is 3.08. The molecule has 0 saturated heterocycles. The second kappa shape index (κ2) is 5.79. The molecule has 0 spiro atoms. The van der Waals surface area contributed by atoms with Crippen molar-refractivity contribution in [2.24, 2.45) is 0 Å². The number of nitrogens with zero attached hydrogens (tertiary/aromatic N) is 2. The number of rotatable bonds is 3. The van der Waals surface area contributed by atoms with E-state index in [2.05, 4.69) is 36.4 Å². The maximum absolute atomic E-state index is 12.0. The third-order valence-electron chi connectivity index (χ3n) is 2.83. The summed E-state index contributed by atoms with van der Waals surface area (Å²) in [7, 11) is 0. The van der Waals surface area contributed by atoms with Crippen LogP contribution in [0.3, 0.4) is 0 Å². The van der Waals surface area contributed by atoms with E-state index in [9.17, 15) is 4.79 Å². The van der Waals surface area contributed by atoms with Crippen molar-refractivity contribution in [2.75, 3.05) is 5.32 Å². The lowest BCUT2D eigenvalue weighted by Crippen LogP contribution is -2.10. The quantitative estimate of drug-likeness (QED) is 0.743. The first-order chi connectivity index (χ1) is 10.1. The molecule has 106 valence electrons. The van der Waals surface area contributed by atoms with Gasteiger partial charge in [0.2, 0.25) is 0 Å². The van der Waals surface area contributed by atoms with Crippen LogP contribution in [0.2, 0.25) is 0 Å². The zero-order valence-corrected chi connectivity index (χ0v) is 13.5. The molecule has 3 aromatic rings. The van der Waals surface area contributed by atoms with Crippen molar-refractivity contribution < 1.29 is 4.79 Å². The molecule has 0 radical (unpaired) electrons. The summed E-state index contributed by atoms with van der Waals surface area (Å²) < 4.78 is 0.933. The van der Waals surface area contributed by atoms with Crippen molar-refractivity contribution in [3.05, 3.63) is 50.9 Å². The van der Waals surface area contributed by atoms with E-state index in [1.165, 1.54) is 11.3 Å². The summed E-state index contributed by atoms with van der Waals surface area (Å²) in [4.78, 5) is 16.3. The van der Waals surface area contributed by atoms with Gasteiger partial charge in [-0.1, -0.05) is 0 Å². The summed E-state index contributed by atoms with van der Waals surface area (Å²) in [6, 6.07) is 9.22. The zero-order chi connectivity index (χ0) is 14.8. The smallest absolute Gasteiger partial charge is 0.256 e. The van der Waals surface area contributed by atoms with E-state index < -0.39 is 0 Å². The van der Waals surface area contributed by atoms with Crippen LogP contribution in [0, 0.1) is 6.92 Å². The van der Waals surface area contributed by atoms with Crippen LogP contribution in [0.25, 0.3) is 11.4 Å². The van der Waals surface area contributed by atoms with Gasteiger partial charge in [-0.05, 0) is 53.2 Å². The number of aromatic nitrogens is 3. The van der Waals surface area contributed by atoms with Gasteiger partial charge in [0.1, 0.15) is 5.82 Å². The Morgan fingerprint density at radius 3 is 2.67 bits per heavy atom. The van der Waals surface area contributed by atoms with E-state index in [0.717, 1.165) is 20.9 Å². The van der Waals surface area contributed by atoms with Crippen molar-refractivity contribution in [3.8, 4) is 11.4 Å². The van der Waals surface area contributed by atoms with E-state index in [1.54, 1.807) is 6.07 Å². The minimum atomic E-state index is -0.126. The van der Waals surface area contributed by atoms with Crippen LogP contribution in [-0.4, -0.2) is 21.1 Å². The molecule has 2 N–H and O–H groups in total. The highest BCUT2D eigenvalue weighted by atomic mass is 79.9. The molecule has 0 aliphatic carbocycles. The summed E-state index contributed by atoms with van der Waals surface area (Å²) in [6.07, 6.45) is 0. The van der Waals surface area contributed by atoms with Crippen LogP contribution in [-0.2, 0) is 0 Å². The molecule has 21 heavy (non-hydrogen) atoms. The van der Waals surface area contributed by atoms with Crippen molar-refractivity contribution in [2.45, 2.75) is 6.92 Å². The highest BCUT2D eigenvalue weighted by molar-refractivity contribution is 9.11. The molecule has 1 aromatic carbocycles. The third-order valence-corrected chi connectivity index (χ3v) is 4.33. The van der Waals surface area contributed by atoms with Gasteiger partial charge in [-0.2, -0.15) is 5.10 Å². The molecule has 0 atom stereocenters. The van der Waals surface area contributed by atoms with Gasteiger partial charge in [-0.25, -0.2) is 4.98 Å². The average molecular weight is 363 g/mol. The topological polar surface area (TPSA) is 70.7 Å². The van der Waals surface area contributed by atoms with Crippen LogP contribution in [0.5, 0.6) is 0 Å². The number of hydrogen-bond donors (Lipinski definition) is 2. The molecule has 3 rings (SSSR count). The van der Waals surface area contributed by atoms with Gasteiger partial charge in [0.05, 0.1) is 9.35 Å². The molecule has 5 nitrogen and oxygen atoms in total. The second-order valence-electron chi connectivity index (χ2n) is 4.42. The minimum Gasteiger partial charge on any atom is -0.322 e. The number of amides is 1. The first-order valence-corrected chi connectivity index (χ1v) is 7.84. The molecule has 0 unspecified atom stereocenters. The number of halogens is 1. The third kappa shape index (κ3) is 3.20. The summed E-state index contributed by atoms with van der Waals surface area (Å²) in [5, 5.41) is 11.6. The minimum absolute atomic E-state index is 0.126. The number of aryl methyl sites for hydroxylation is 1. The van der Waals surface area contributed by atoms with E-state index in [-0.39, 0.29) is 5.91 Å². The van der Waals surface area contributed by atoms with Crippen LogP contribution in [0.15, 0.2) is 39.5 Å². The molecule has 0 saturated carbocycles. The maximum atomic E-state index is 12.0. The Morgan fingerprint density at radius 1 is 1.33 bits per heavy atom. The molecular weight excluding hydrogens is 352 g/mol.